The minimum Gasteiger partial charge on any atom is -0.309 e. The monoisotopic (exact) mass is 320 g/mol. The zero-order chi connectivity index (χ0) is 15.4. The van der Waals surface area contributed by atoms with Crippen molar-refractivity contribution in [1.82, 2.24) is 10.2 Å². The van der Waals surface area contributed by atoms with Gasteiger partial charge in [0.15, 0.2) is 0 Å². The summed E-state index contributed by atoms with van der Waals surface area (Å²) in [5.41, 5.74) is 0.731. The van der Waals surface area contributed by atoms with Crippen LogP contribution >= 0.6 is 23.2 Å². The normalized spacial score (nSPS) is 14.9. The molecule has 0 fully saturated rings. The van der Waals surface area contributed by atoms with Crippen LogP contribution in [0, 0.1) is 11.7 Å². The molecule has 0 aliphatic heterocycles. The molecule has 2 nitrogen and oxygen atoms in total. The quantitative estimate of drug-likeness (QED) is 0.783. The minimum absolute atomic E-state index is 0.0320. The number of nitrogens with zero attached hydrogens (tertiary/aromatic N) is 1. The van der Waals surface area contributed by atoms with Crippen molar-refractivity contribution in [3.8, 4) is 0 Å². The van der Waals surface area contributed by atoms with E-state index >= 15 is 0 Å². The van der Waals surface area contributed by atoms with E-state index in [-0.39, 0.29) is 11.1 Å². The molecule has 0 bridgehead atoms. The molecule has 0 saturated carbocycles. The number of benzene rings is 1. The summed E-state index contributed by atoms with van der Waals surface area (Å²) in [5.74, 6) is 0.0925. The second-order valence-corrected chi connectivity index (χ2v) is 6.51. The lowest BCUT2D eigenvalue weighted by Gasteiger charge is -2.30. The SMILES string of the molecule is CC(NCC(C(C)C)N(C)C)c1cc(F)c(Cl)cc1Cl. The molecule has 114 valence electrons. The lowest BCUT2D eigenvalue weighted by Crippen LogP contribution is -2.42. The second kappa shape index (κ2) is 7.60. The van der Waals surface area contributed by atoms with Crippen LogP contribution in [-0.2, 0) is 0 Å². The van der Waals surface area contributed by atoms with Crippen molar-refractivity contribution in [2.45, 2.75) is 32.9 Å². The van der Waals surface area contributed by atoms with E-state index in [1.807, 2.05) is 6.92 Å². The van der Waals surface area contributed by atoms with Gasteiger partial charge in [-0.25, -0.2) is 4.39 Å². The molecule has 1 rings (SSSR count). The van der Waals surface area contributed by atoms with Crippen molar-refractivity contribution in [3.63, 3.8) is 0 Å². The van der Waals surface area contributed by atoms with Gasteiger partial charge in [0.1, 0.15) is 5.82 Å². The third kappa shape index (κ3) is 4.59. The zero-order valence-corrected chi connectivity index (χ0v) is 14.2. The summed E-state index contributed by atoms with van der Waals surface area (Å²) in [6, 6.07) is 3.24. The Balaban J connectivity index is 2.76. The predicted octanol–water partition coefficient (Wildman–Crippen LogP) is 4.37. The molecule has 0 saturated heterocycles. The van der Waals surface area contributed by atoms with Crippen LogP contribution in [0.25, 0.3) is 0 Å². The third-order valence-corrected chi connectivity index (χ3v) is 4.19. The first kappa shape index (κ1) is 17.7. The predicted molar refractivity (Wildman–Crippen MR) is 85.2 cm³/mol. The van der Waals surface area contributed by atoms with Crippen molar-refractivity contribution in [2.24, 2.45) is 5.92 Å². The summed E-state index contributed by atoms with van der Waals surface area (Å²) in [5, 5.41) is 3.96. The summed E-state index contributed by atoms with van der Waals surface area (Å²) >= 11 is 11.8. The average molecular weight is 321 g/mol. The Morgan fingerprint density at radius 3 is 2.25 bits per heavy atom. The van der Waals surface area contributed by atoms with Gasteiger partial charge in [-0.05, 0) is 44.6 Å². The first-order valence-corrected chi connectivity index (χ1v) is 7.53. The van der Waals surface area contributed by atoms with E-state index in [1.54, 1.807) is 0 Å². The maximum absolute atomic E-state index is 13.5. The fraction of sp³-hybridized carbons (Fsp3) is 0.600. The van der Waals surface area contributed by atoms with Crippen LogP contribution in [0.3, 0.4) is 0 Å². The molecule has 1 aromatic rings. The number of hydrogen-bond donors (Lipinski definition) is 1. The molecule has 0 aliphatic carbocycles. The van der Waals surface area contributed by atoms with Crippen molar-refractivity contribution in [3.05, 3.63) is 33.6 Å². The fourth-order valence-electron chi connectivity index (χ4n) is 2.29. The van der Waals surface area contributed by atoms with Gasteiger partial charge in [0.05, 0.1) is 5.02 Å². The number of nitrogens with one attached hydrogen (secondary N) is 1. The Labute approximate surface area is 131 Å². The number of likely N-dealkylation sites (N-methyl/N-ethyl adjacent to an activating group) is 1. The van der Waals surface area contributed by atoms with Gasteiger partial charge in [-0.2, -0.15) is 0 Å². The highest BCUT2D eigenvalue weighted by Crippen LogP contribution is 2.28. The minimum atomic E-state index is -0.437. The second-order valence-electron chi connectivity index (χ2n) is 5.69. The Hall–Kier alpha value is -0.350. The van der Waals surface area contributed by atoms with E-state index in [2.05, 4.69) is 38.2 Å². The lowest BCUT2D eigenvalue weighted by molar-refractivity contribution is 0.220. The molecular formula is C15H23Cl2FN2. The highest BCUT2D eigenvalue weighted by molar-refractivity contribution is 6.35. The smallest absolute Gasteiger partial charge is 0.142 e. The Morgan fingerprint density at radius 1 is 1.15 bits per heavy atom. The Morgan fingerprint density at radius 2 is 1.75 bits per heavy atom. The van der Waals surface area contributed by atoms with Gasteiger partial charge in [-0.3, -0.25) is 0 Å². The Bertz CT molecular complexity index is 442. The van der Waals surface area contributed by atoms with Crippen LogP contribution in [0.15, 0.2) is 12.1 Å². The van der Waals surface area contributed by atoms with E-state index in [0.717, 1.165) is 12.1 Å². The molecule has 0 spiro atoms. The van der Waals surface area contributed by atoms with Gasteiger partial charge in [-0.1, -0.05) is 37.0 Å². The highest BCUT2D eigenvalue weighted by Gasteiger charge is 2.18. The molecule has 0 heterocycles. The summed E-state index contributed by atoms with van der Waals surface area (Å²) in [6.07, 6.45) is 0. The van der Waals surface area contributed by atoms with E-state index in [4.69, 9.17) is 23.2 Å². The van der Waals surface area contributed by atoms with E-state index < -0.39 is 5.82 Å². The van der Waals surface area contributed by atoms with Crippen LogP contribution in [0.4, 0.5) is 4.39 Å². The standard InChI is InChI=1S/C15H23Cl2FN2/c1-9(2)15(20(4)5)8-19-10(3)11-6-14(18)13(17)7-12(11)16/h6-7,9-10,15,19H,8H2,1-5H3. The maximum Gasteiger partial charge on any atom is 0.142 e. The van der Waals surface area contributed by atoms with Gasteiger partial charge in [-0.15, -0.1) is 0 Å². The fourth-order valence-corrected chi connectivity index (χ4v) is 2.84. The van der Waals surface area contributed by atoms with Crippen LogP contribution in [-0.4, -0.2) is 31.6 Å². The number of rotatable bonds is 6. The molecule has 0 aromatic heterocycles. The molecule has 0 radical (unpaired) electrons. The molecule has 0 amide bonds. The van der Waals surface area contributed by atoms with E-state index in [9.17, 15) is 4.39 Å². The number of halogens is 3. The largest absolute Gasteiger partial charge is 0.309 e. The van der Waals surface area contributed by atoms with Crippen molar-refractivity contribution >= 4 is 23.2 Å². The van der Waals surface area contributed by atoms with Crippen molar-refractivity contribution in [2.75, 3.05) is 20.6 Å². The van der Waals surface area contributed by atoms with Crippen LogP contribution < -0.4 is 5.32 Å². The molecule has 1 aromatic carbocycles. The van der Waals surface area contributed by atoms with Gasteiger partial charge >= 0.3 is 0 Å². The summed E-state index contributed by atoms with van der Waals surface area (Å²) in [6.45, 7) is 7.16. The van der Waals surface area contributed by atoms with Crippen LogP contribution in [0.5, 0.6) is 0 Å². The first-order valence-electron chi connectivity index (χ1n) is 6.78. The maximum atomic E-state index is 13.5. The molecule has 1 N–H and O–H groups in total. The lowest BCUT2D eigenvalue weighted by atomic mass is 10.0. The summed E-state index contributed by atoms with van der Waals surface area (Å²) in [4.78, 5) is 2.19. The van der Waals surface area contributed by atoms with E-state index in [0.29, 0.717) is 17.0 Å². The zero-order valence-electron chi connectivity index (χ0n) is 12.7. The first-order chi connectivity index (χ1) is 9.23. The highest BCUT2D eigenvalue weighted by atomic mass is 35.5. The molecule has 2 atom stereocenters. The van der Waals surface area contributed by atoms with Gasteiger partial charge in [0.25, 0.3) is 0 Å². The molecule has 2 unspecified atom stereocenters. The number of hydrogen-bond acceptors (Lipinski definition) is 2. The topological polar surface area (TPSA) is 15.3 Å². The van der Waals surface area contributed by atoms with Gasteiger partial charge in [0.2, 0.25) is 0 Å². The third-order valence-electron chi connectivity index (χ3n) is 3.57. The Kier molecular flexibility index (Phi) is 6.73. The van der Waals surface area contributed by atoms with Crippen LogP contribution in [0.2, 0.25) is 10.0 Å². The molecular weight excluding hydrogens is 298 g/mol. The average Bonchev–Trinajstić information content (AvgIpc) is 2.32. The van der Waals surface area contributed by atoms with Crippen molar-refractivity contribution in [1.29, 1.82) is 0 Å². The van der Waals surface area contributed by atoms with Gasteiger partial charge in [0, 0.05) is 23.7 Å². The molecule has 5 heteroatoms. The molecule has 0 aliphatic rings. The van der Waals surface area contributed by atoms with Gasteiger partial charge < -0.3 is 10.2 Å². The van der Waals surface area contributed by atoms with E-state index in [1.165, 1.54) is 12.1 Å². The van der Waals surface area contributed by atoms with Crippen molar-refractivity contribution < 1.29 is 4.39 Å². The summed E-state index contributed by atoms with van der Waals surface area (Å²) < 4.78 is 13.5. The van der Waals surface area contributed by atoms with Crippen LogP contribution in [0.1, 0.15) is 32.4 Å². The summed E-state index contributed by atoms with van der Waals surface area (Å²) in [7, 11) is 4.12. The molecule has 20 heavy (non-hydrogen) atoms.